The second-order valence-electron chi connectivity index (χ2n) is 7.45. The fourth-order valence-corrected chi connectivity index (χ4v) is 4.72. The third-order valence-corrected chi connectivity index (χ3v) is 6.78. The van der Waals surface area contributed by atoms with E-state index in [0.29, 0.717) is 16.9 Å². The first-order chi connectivity index (χ1) is 15.6. The summed E-state index contributed by atoms with van der Waals surface area (Å²) in [5.41, 5.74) is 1.29. The Hall–Kier alpha value is -2.38. The minimum atomic E-state index is -1.40. The average molecular weight is 530 g/mol. The topological polar surface area (TPSA) is 58.2 Å². The molecule has 33 heavy (non-hydrogen) atoms. The van der Waals surface area contributed by atoms with Gasteiger partial charge in [0.25, 0.3) is 5.91 Å². The van der Waals surface area contributed by atoms with Crippen LogP contribution in [0.3, 0.4) is 0 Å². The maximum Gasteiger partial charge on any atom is 0.257 e. The summed E-state index contributed by atoms with van der Waals surface area (Å²) < 4.78 is 25.1. The molecule has 0 spiro atoms. The fraction of sp³-hybridized carbons (Fsp3) is 0.130. The van der Waals surface area contributed by atoms with Gasteiger partial charge in [-0.3, -0.25) is 9.59 Å². The van der Waals surface area contributed by atoms with E-state index in [1.165, 1.54) is 60.7 Å². The largest absolute Gasteiger partial charge is 0.326 e. The normalized spacial score (nSPS) is 18.5. The lowest BCUT2D eigenvalue weighted by Gasteiger charge is -2.10. The number of carbonyl (C=O) groups excluding carboxylic acids is 2. The van der Waals surface area contributed by atoms with Crippen molar-refractivity contribution >= 4 is 69.6 Å². The molecule has 170 valence electrons. The first-order valence-electron chi connectivity index (χ1n) is 9.58. The van der Waals surface area contributed by atoms with E-state index in [2.05, 4.69) is 10.6 Å². The van der Waals surface area contributed by atoms with Crippen LogP contribution in [0.25, 0.3) is 0 Å². The molecule has 1 aliphatic rings. The van der Waals surface area contributed by atoms with Crippen LogP contribution in [0.15, 0.2) is 60.7 Å². The van der Waals surface area contributed by atoms with Gasteiger partial charge in [-0.05, 0) is 60.2 Å². The molecule has 0 aromatic heterocycles. The Morgan fingerprint density at radius 2 is 1.48 bits per heavy atom. The molecule has 2 amide bonds. The number of amides is 2. The molecule has 0 saturated heterocycles. The maximum atomic E-state index is 13.5. The Morgan fingerprint density at radius 1 is 0.818 bits per heavy atom. The van der Waals surface area contributed by atoms with Gasteiger partial charge in [0, 0.05) is 17.3 Å². The van der Waals surface area contributed by atoms with E-state index in [9.17, 15) is 18.4 Å². The summed E-state index contributed by atoms with van der Waals surface area (Å²) in [5.74, 6) is -3.48. The molecule has 10 heteroatoms. The minimum absolute atomic E-state index is 0.0967. The van der Waals surface area contributed by atoms with Gasteiger partial charge in [0.15, 0.2) is 0 Å². The SMILES string of the molecule is O=C(Nc1ccc(F)cc1)c1cc(NC(=O)C2C(c3ccc(F)c(Cl)c3)C2(Cl)Cl)ccc1Cl. The van der Waals surface area contributed by atoms with E-state index in [4.69, 9.17) is 46.4 Å². The summed E-state index contributed by atoms with van der Waals surface area (Å²) >= 11 is 24.6. The van der Waals surface area contributed by atoms with Crippen molar-refractivity contribution in [1.82, 2.24) is 0 Å². The number of hydrogen-bond acceptors (Lipinski definition) is 2. The van der Waals surface area contributed by atoms with Crippen LogP contribution in [0.4, 0.5) is 20.2 Å². The van der Waals surface area contributed by atoms with Gasteiger partial charge < -0.3 is 10.6 Å². The number of rotatable bonds is 5. The van der Waals surface area contributed by atoms with Gasteiger partial charge in [-0.25, -0.2) is 8.78 Å². The Kier molecular flexibility index (Phi) is 6.56. The van der Waals surface area contributed by atoms with Crippen molar-refractivity contribution in [3.63, 3.8) is 0 Å². The van der Waals surface area contributed by atoms with Gasteiger partial charge in [0.1, 0.15) is 16.0 Å². The number of anilines is 2. The van der Waals surface area contributed by atoms with Crippen LogP contribution in [0.1, 0.15) is 21.8 Å². The summed E-state index contributed by atoms with van der Waals surface area (Å²) in [4.78, 5) is 25.5. The molecule has 1 saturated carbocycles. The van der Waals surface area contributed by atoms with Crippen molar-refractivity contribution in [2.24, 2.45) is 5.92 Å². The monoisotopic (exact) mass is 528 g/mol. The van der Waals surface area contributed by atoms with Crippen LogP contribution in [0.5, 0.6) is 0 Å². The highest BCUT2D eigenvalue weighted by Gasteiger charge is 2.67. The lowest BCUT2D eigenvalue weighted by molar-refractivity contribution is -0.117. The van der Waals surface area contributed by atoms with Crippen molar-refractivity contribution in [3.8, 4) is 0 Å². The van der Waals surface area contributed by atoms with E-state index in [1.807, 2.05) is 0 Å². The molecule has 1 aliphatic carbocycles. The second-order valence-corrected chi connectivity index (χ2v) is 9.71. The number of halogens is 6. The van der Waals surface area contributed by atoms with Gasteiger partial charge in [-0.15, -0.1) is 23.2 Å². The molecule has 0 radical (unpaired) electrons. The maximum absolute atomic E-state index is 13.5. The number of nitrogens with one attached hydrogen (secondary N) is 2. The molecule has 2 atom stereocenters. The zero-order chi connectivity index (χ0) is 23.9. The zero-order valence-corrected chi connectivity index (χ0v) is 19.5. The molecule has 4 nitrogen and oxygen atoms in total. The summed E-state index contributed by atoms with van der Waals surface area (Å²) in [5, 5.41) is 5.34. The van der Waals surface area contributed by atoms with Crippen molar-refractivity contribution in [2.45, 2.75) is 10.3 Å². The van der Waals surface area contributed by atoms with E-state index in [-0.39, 0.29) is 15.6 Å². The smallest absolute Gasteiger partial charge is 0.257 e. The molecular formula is C23H14Cl4F2N2O2. The van der Waals surface area contributed by atoms with Crippen molar-refractivity contribution in [1.29, 1.82) is 0 Å². The van der Waals surface area contributed by atoms with E-state index >= 15 is 0 Å². The lowest BCUT2D eigenvalue weighted by Crippen LogP contribution is -2.18. The predicted octanol–water partition coefficient (Wildman–Crippen LogP) is 7.05. The standard InChI is InChI=1S/C23H14Cl4F2N2O2/c24-16-7-6-14(10-15(16)21(32)30-13-4-2-12(28)3-5-13)31-22(33)20-19(23(20,26)27)11-1-8-18(29)17(25)9-11/h1-10,19-20H,(H,30,32)(H,31,33). The first-order valence-corrected chi connectivity index (χ1v) is 11.1. The van der Waals surface area contributed by atoms with Gasteiger partial charge in [0.2, 0.25) is 5.91 Å². The molecule has 0 aliphatic heterocycles. The summed E-state index contributed by atoms with van der Waals surface area (Å²) in [6.45, 7) is 0. The van der Waals surface area contributed by atoms with Crippen LogP contribution < -0.4 is 10.6 Å². The third kappa shape index (κ3) is 4.94. The van der Waals surface area contributed by atoms with Crippen molar-refractivity contribution < 1.29 is 18.4 Å². The Morgan fingerprint density at radius 3 is 2.15 bits per heavy atom. The molecule has 4 rings (SSSR count). The quantitative estimate of drug-likeness (QED) is 0.348. The van der Waals surface area contributed by atoms with Gasteiger partial charge in [-0.1, -0.05) is 29.3 Å². The summed E-state index contributed by atoms with van der Waals surface area (Å²) in [6, 6.07) is 13.6. The summed E-state index contributed by atoms with van der Waals surface area (Å²) in [6.07, 6.45) is 0. The highest BCUT2D eigenvalue weighted by molar-refractivity contribution is 6.53. The number of carbonyl (C=O) groups is 2. The van der Waals surface area contributed by atoms with Gasteiger partial charge in [-0.2, -0.15) is 0 Å². The number of benzene rings is 3. The van der Waals surface area contributed by atoms with E-state index < -0.39 is 39.6 Å². The number of hydrogen-bond donors (Lipinski definition) is 2. The molecule has 2 N–H and O–H groups in total. The Balaban J connectivity index is 1.50. The van der Waals surface area contributed by atoms with Crippen LogP contribution in [0.2, 0.25) is 10.0 Å². The minimum Gasteiger partial charge on any atom is -0.326 e. The Labute approximate surface area is 207 Å². The van der Waals surface area contributed by atoms with E-state index in [1.54, 1.807) is 0 Å². The van der Waals surface area contributed by atoms with E-state index in [0.717, 1.165) is 0 Å². The number of alkyl halides is 2. The van der Waals surface area contributed by atoms with Crippen LogP contribution in [-0.2, 0) is 4.79 Å². The summed E-state index contributed by atoms with van der Waals surface area (Å²) in [7, 11) is 0. The predicted molar refractivity (Wildman–Crippen MR) is 127 cm³/mol. The first kappa shape index (κ1) is 23.8. The molecule has 0 heterocycles. The fourth-order valence-electron chi connectivity index (χ4n) is 3.50. The lowest BCUT2D eigenvalue weighted by atomic mass is 10.1. The van der Waals surface area contributed by atoms with Crippen LogP contribution in [0, 0.1) is 17.6 Å². The third-order valence-electron chi connectivity index (χ3n) is 5.22. The highest BCUT2D eigenvalue weighted by Crippen LogP contribution is 2.65. The second kappa shape index (κ2) is 9.11. The van der Waals surface area contributed by atoms with Crippen molar-refractivity contribution in [2.75, 3.05) is 10.6 Å². The van der Waals surface area contributed by atoms with Gasteiger partial charge >= 0.3 is 0 Å². The van der Waals surface area contributed by atoms with Crippen molar-refractivity contribution in [3.05, 3.63) is 93.5 Å². The van der Waals surface area contributed by atoms with Gasteiger partial charge in [0.05, 0.1) is 21.5 Å². The Bertz CT molecular complexity index is 1250. The van der Waals surface area contributed by atoms with Crippen LogP contribution >= 0.6 is 46.4 Å². The molecule has 1 fully saturated rings. The van der Waals surface area contributed by atoms with Crippen LogP contribution in [-0.4, -0.2) is 16.1 Å². The average Bonchev–Trinajstić information content (AvgIpc) is 3.35. The molecule has 3 aromatic carbocycles. The zero-order valence-electron chi connectivity index (χ0n) is 16.5. The molecular weight excluding hydrogens is 516 g/mol. The highest BCUT2D eigenvalue weighted by atomic mass is 35.5. The molecule has 0 bridgehead atoms. The molecule has 2 unspecified atom stereocenters. The molecule has 3 aromatic rings.